The van der Waals surface area contributed by atoms with Crippen molar-refractivity contribution in [2.24, 2.45) is 17.8 Å². The van der Waals surface area contributed by atoms with Gasteiger partial charge in [0.25, 0.3) is 0 Å². The lowest BCUT2D eigenvalue weighted by Gasteiger charge is -2.33. The summed E-state index contributed by atoms with van der Waals surface area (Å²) < 4.78 is 0. The lowest BCUT2D eigenvalue weighted by molar-refractivity contribution is -0.902. The van der Waals surface area contributed by atoms with Crippen LogP contribution in [0.3, 0.4) is 0 Å². The number of likely N-dealkylation sites (tertiary alicyclic amines) is 1. The maximum absolute atomic E-state index is 12.3. The molecule has 1 aliphatic heterocycles. The second kappa shape index (κ2) is 6.51. The van der Waals surface area contributed by atoms with Crippen LogP contribution in [0.1, 0.15) is 46.0 Å². The first-order chi connectivity index (χ1) is 8.56. The lowest BCUT2D eigenvalue weighted by Crippen LogP contribution is -3.14. The number of Topliss-reactive ketones (excluding diaryl/α,β-unsaturated/α-hetero) is 1. The van der Waals surface area contributed by atoms with Crippen LogP contribution in [-0.2, 0) is 4.79 Å². The third-order valence-corrected chi connectivity index (χ3v) is 5.99. The van der Waals surface area contributed by atoms with Gasteiger partial charge in [0.2, 0.25) is 0 Å². The number of hydrogen-bond donors (Lipinski definition) is 1. The van der Waals surface area contributed by atoms with E-state index in [0.29, 0.717) is 16.5 Å². The van der Waals surface area contributed by atoms with Gasteiger partial charge in [-0.15, -0.1) is 0 Å². The number of hydrogen-bond acceptors (Lipinski definition) is 1. The van der Waals surface area contributed by atoms with E-state index in [9.17, 15) is 4.79 Å². The van der Waals surface area contributed by atoms with Gasteiger partial charge in [0.1, 0.15) is 6.54 Å². The van der Waals surface area contributed by atoms with Gasteiger partial charge in [-0.1, -0.05) is 29.8 Å². The number of carbonyl (C=O) groups is 1. The van der Waals surface area contributed by atoms with Gasteiger partial charge in [-0.05, 0) is 38.0 Å². The highest BCUT2D eigenvalue weighted by Crippen LogP contribution is 2.28. The Balaban J connectivity index is 1.77. The van der Waals surface area contributed by atoms with E-state index >= 15 is 0 Å². The van der Waals surface area contributed by atoms with Crippen molar-refractivity contribution < 1.29 is 9.69 Å². The van der Waals surface area contributed by atoms with Crippen LogP contribution in [0.15, 0.2) is 0 Å². The topological polar surface area (TPSA) is 21.5 Å². The van der Waals surface area contributed by atoms with E-state index in [1.807, 2.05) is 0 Å². The second-order valence-electron chi connectivity index (χ2n) is 6.54. The Morgan fingerprint density at radius 1 is 1.11 bits per heavy atom. The Hall–Kier alpha value is 0.110. The molecular weight excluding hydrogens is 290 g/mol. The number of piperidine rings is 1. The Morgan fingerprint density at radius 2 is 1.78 bits per heavy atom. The number of ketones is 1. The Labute approximate surface area is 120 Å². The van der Waals surface area contributed by atoms with Crippen LogP contribution >= 0.6 is 15.9 Å². The molecule has 1 heterocycles. The monoisotopic (exact) mass is 316 g/mol. The van der Waals surface area contributed by atoms with Gasteiger partial charge in [-0.3, -0.25) is 4.79 Å². The normalized spacial score (nSPS) is 41.6. The summed E-state index contributed by atoms with van der Waals surface area (Å²) in [5.74, 6) is 2.51. The zero-order valence-electron chi connectivity index (χ0n) is 11.8. The molecule has 104 valence electrons. The van der Waals surface area contributed by atoms with Gasteiger partial charge >= 0.3 is 0 Å². The van der Waals surface area contributed by atoms with Crippen LogP contribution in [-0.4, -0.2) is 30.2 Å². The second-order valence-corrected chi connectivity index (χ2v) is 7.83. The Morgan fingerprint density at radius 3 is 2.39 bits per heavy atom. The summed E-state index contributed by atoms with van der Waals surface area (Å²) in [5.41, 5.74) is 0. The Kier molecular flexibility index (Phi) is 5.25. The maximum Gasteiger partial charge on any atom is 0.189 e. The molecule has 0 aromatic heterocycles. The van der Waals surface area contributed by atoms with Crippen molar-refractivity contribution in [1.29, 1.82) is 0 Å². The van der Waals surface area contributed by atoms with Gasteiger partial charge < -0.3 is 4.90 Å². The minimum Gasteiger partial charge on any atom is -0.329 e. The largest absolute Gasteiger partial charge is 0.329 e. The fourth-order valence-corrected chi connectivity index (χ4v) is 3.93. The predicted octanol–water partition coefficient (Wildman–Crippen LogP) is 2.07. The molecule has 1 saturated carbocycles. The average Bonchev–Trinajstić information content (AvgIpc) is 2.34. The molecular formula is C15H27BrNO+. The highest BCUT2D eigenvalue weighted by molar-refractivity contribution is 9.09. The number of halogens is 1. The molecule has 0 spiro atoms. The average molecular weight is 317 g/mol. The summed E-state index contributed by atoms with van der Waals surface area (Å²) in [5, 5.41) is 0. The molecule has 0 radical (unpaired) electrons. The minimum atomic E-state index is 0.362. The maximum atomic E-state index is 12.3. The van der Waals surface area contributed by atoms with Crippen molar-refractivity contribution in [3.8, 4) is 0 Å². The molecule has 2 rings (SSSR count). The van der Waals surface area contributed by atoms with Gasteiger partial charge in [-0.2, -0.15) is 0 Å². The van der Waals surface area contributed by atoms with Crippen molar-refractivity contribution in [3.63, 3.8) is 0 Å². The number of nitrogens with one attached hydrogen (secondary N) is 1. The molecule has 2 aliphatic rings. The van der Waals surface area contributed by atoms with Gasteiger partial charge in [0.15, 0.2) is 5.78 Å². The summed E-state index contributed by atoms with van der Waals surface area (Å²) in [6, 6.07) is 0. The summed E-state index contributed by atoms with van der Waals surface area (Å²) >= 11 is 3.66. The number of alkyl halides is 1. The first-order valence-electron chi connectivity index (χ1n) is 7.56. The third-order valence-electron chi connectivity index (χ3n) is 5.07. The van der Waals surface area contributed by atoms with Crippen LogP contribution in [0.4, 0.5) is 0 Å². The summed E-state index contributed by atoms with van der Waals surface area (Å²) in [4.78, 5) is 14.5. The molecule has 3 heteroatoms. The number of quaternary nitrogens is 1. The first-order valence-corrected chi connectivity index (χ1v) is 8.48. The molecule has 2 nitrogen and oxygen atoms in total. The van der Waals surface area contributed by atoms with Crippen molar-refractivity contribution >= 4 is 21.7 Å². The van der Waals surface area contributed by atoms with Crippen molar-refractivity contribution in [1.82, 2.24) is 0 Å². The SMILES string of the molecule is CC1CC[NH+](CC(=O)C2CCC(Br)CC2)CC1C. The highest BCUT2D eigenvalue weighted by atomic mass is 79.9. The van der Waals surface area contributed by atoms with Gasteiger partial charge in [-0.25, -0.2) is 0 Å². The summed E-state index contributed by atoms with van der Waals surface area (Å²) in [6.45, 7) is 7.87. The van der Waals surface area contributed by atoms with Gasteiger partial charge in [0.05, 0.1) is 13.1 Å². The predicted molar refractivity (Wildman–Crippen MR) is 78.2 cm³/mol. The van der Waals surface area contributed by atoms with Crippen LogP contribution in [0.5, 0.6) is 0 Å². The summed E-state index contributed by atoms with van der Waals surface area (Å²) in [7, 11) is 0. The van der Waals surface area contributed by atoms with E-state index in [4.69, 9.17) is 0 Å². The van der Waals surface area contributed by atoms with E-state index in [2.05, 4.69) is 29.8 Å². The fourth-order valence-electron chi connectivity index (χ4n) is 3.40. The van der Waals surface area contributed by atoms with E-state index in [-0.39, 0.29) is 0 Å². The molecule has 1 aliphatic carbocycles. The molecule has 3 atom stereocenters. The molecule has 0 amide bonds. The molecule has 0 aromatic rings. The van der Waals surface area contributed by atoms with E-state index < -0.39 is 0 Å². The third kappa shape index (κ3) is 3.80. The quantitative estimate of drug-likeness (QED) is 0.791. The molecule has 1 N–H and O–H groups in total. The van der Waals surface area contributed by atoms with Crippen molar-refractivity contribution in [2.75, 3.05) is 19.6 Å². The Bertz CT molecular complexity index is 286. The fraction of sp³-hybridized carbons (Fsp3) is 0.933. The molecule has 0 bridgehead atoms. The van der Waals surface area contributed by atoms with Crippen molar-refractivity contribution in [3.05, 3.63) is 0 Å². The van der Waals surface area contributed by atoms with E-state index in [1.54, 1.807) is 0 Å². The number of rotatable bonds is 3. The van der Waals surface area contributed by atoms with E-state index in [0.717, 1.165) is 31.2 Å². The van der Waals surface area contributed by atoms with Crippen LogP contribution in [0.25, 0.3) is 0 Å². The summed E-state index contributed by atoms with van der Waals surface area (Å²) in [6.07, 6.45) is 5.86. The molecule has 18 heavy (non-hydrogen) atoms. The molecule has 1 saturated heterocycles. The lowest BCUT2D eigenvalue weighted by atomic mass is 9.85. The van der Waals surface area contributed by atoms with Crippen molar-refractivity contribution in [2.45, 2.75) is 50.8 Å². The van der Waals surface area contributed by atoms with Crippen LogP contribution in [0, 0.1) is 17.8 Å². The number of carbonyl (C=O) groups excluding carboxylic acids is 1. The van der Waals surface area contributed by atoms with Crippen LogP contribution in [0.2, 0.25) is 0 Å². The standard InChI is InChI=1S/C15H26BrNO/c1-11-7-8-17(9-12(11)2)10-15(18)13-3-5-14(16)6-4-13/h11-14H,3-10H2,1-2H3/p+1. The highest BCUT2D eigenvalue weighted by Gasteiger charge is 2.31. The molecule has 3 unspecified atom stereocenters. The van der Waals surface area contributed by atoms with Gasteiger partial charge in [0, 0.05) is 16.7 Å². The molecule has 2 fully saturated rings. The molecule has 0 aromatic carbocycles. The minimum absolute atomic E-state index is 0.362. The zero-order chi connectivity index (χ0) is 13.1. The first kappa shape index (κ1) is 14.5. The van der Waals surface area contributed by atoms with E-state index in [1.165, 1.54) is 37.3 Å². The van der Waals surface area contributed by atoms with Crippen LogP contribution < -0.4 is 4.90 Å². The smallest absolute Gasteiger partial charge is 0.189 e. The zero-order valence-corrected chi connectivity index (χ0v) is 13.3.